The van der Waals surface area contributed by atoms with Crippen LogP contribution in [0, 0.1) is 0 Å². The number of fused-ring (bicyclic) bond motifs is 1. The summed E-state index contributed by atoms with van der Waals surface area (Å²) in [6, 6.07) is 0. The molecule has 0 amide bonds. The van der Waals surface area contributed by atoms with Gasteiger partial charge in [-0.2, -0.15) is 0 Å². The van der Waals surface area contributed by atoms with Gasteiger partial charge in [0.1, 0.15) is 12.6 Å². The van der Waals surface area contributed by atoms with Gasteiger partial charge in [-0.15, -0.1) is 0 Å². The van der Waals surface area contributed by atoms with E-state index in [-0.39, 0.29) is 6.73 Å². The summed E-state index contributed by atoms with van der Waals surface area (Å²) in [5.74, 6) is 0.709. The number of H-pyrrole nitrogens is 1. The summed E-state index contributed by atoms with van der Waals surface area (Å²) >= 11 is 0. The molecule has 2 rings (SSSR count). The Bertz CT molecular complexity index is 810. The van der Waals surface area contributed by atoms with Crippen molar-refractivity contribution in [1.29, 1.82) is 0 Å². The molecule has 2 heterocycles. The van der Waals surface area contributed by atoms with Gasteiger partial charge in [0, 0.05) is 20.1 Å². The number of unbranched alkanes of at least 4 members (excludes halogenated alkanes) is 1. The van der Waals surface area contributed by atoms with Crippen molar-refractivity contribution >= 4 is 11.2 Å². The minimum absolute atomic E-state index is 0.217. The summed E-state index contributed by atoms with van der Waals surface area (Å²) in [5.41, 5.74) is -0.916. The highest BCUT2D eigenvalue weighted by Crippen LogP contribution is 2.16. The maximum absolute atomic E-state index is 12.2. The molecule has 0 saturated carbocycles. The summed E-state index contributed by atoms with van der Waals surface area (Å²) in [6.45, 7) is 6.18. The Balaban J connectivity index is 2.34. The number of hydrogen-bond donors (Lipinski definition) is 2. The number of aliphatic hydroxyl groups is 1. The van der Waals surface area contributed by atoms with Crippen LogP contribution in [0.1, 0.15) is 45.9 Å². The fourth-order valence-corrected chi connectivity index (χ4v) is 2.63. The zero-order valence-electron chi connectivity index (χ0n) is 14.8. The van der Waals surface area contributed by atoms with E-state index in [0.717, 1.165) is 12.8 Å². The Kier molecular flexibility index (Phi) is 5.61. The van der Waals surface area contributed by atoms with Crippen LogP contribution in [0.3, 0.4) is 0 Å². The molecule has 0 spiro atoms. The summed E-state index contributed by atoms with van der Waals surface area (Å²) in [6.07, 6.45) is 3.01. The fourth-order valence-electron chi connectivity index (χ4n) is 2.63. The van der Waals surface area contributed by atoms with Gasteiger partial charge >= 0.3 is 5.69 Å². The van der Waals surface area contributed by atoms with Gasteiger partial charge in [-0.3, -0.25) is 18.9 Å². The van der Waals surface area contributed by atoms with Crippen LogP contribution in [0.15, 0.2) is 9.59 Å². The number of aryl methyl sites for hydroxylation is 2. The second-order valence-corrected chi connectivity index (χ2v) is 6.59. The average molecular weight is 338 g/mol. The second kappa shape index (κ2) is 7.31. The lowest BCUT2D eigenvalue weighted by Gasteiger charge is -2.16. The number of aromatic amines is 1. The minimum atomic E-state index is -0.688. The van der Waals surface area contributed by atoms with Crippen LogP contribution < -0.4 is 11.2 Å². The zero-order valence-corrected chi connectivity index (χ0v) is 14.8. The molecule has 0 unspecified atom stereocenters. The van der Waals surface area contributed by atoms with Crippen molar-refractivity contribution < 1.29 is 9.84 Å². The molecular formula is C16H26N4O4. The molecule has 0 radical (unpaired) electrons. The Morgan fingerprint density at radius 2 is 2.00 bits per heavy atom. The molecule has 0 atom stereocenters. The van der Waals surface area contributed by atoms with E-state index >= 15 is 0 Å². The minimum Gasteiger partial charge on any atom is -0.390 e. The molecule has 24 heavy (non-hydrogen) atoms. The third-order valence-corrected chi connectivity index (χ3v) is 3.95. The van der Waals surface area contributed by atoms with Gasteiger partial charge in [-0.05, 0) is 33.6 Å². The summed E-state index contributed by atoms with van der Waals surface area (Å²) in [5, 5.41) is 9.78. The summed E-state index contributed by atoms with van der Waals surface area (Å²) in [7, 11) is 1.58. The van der Waals surface area contributed by atoms with Crippen molar-refractivity contribution in [3.05, 3.63) is 26.7 Å². The largest absolute Gasteiger partial charge is 0.390 e. The lowest BCUT2D eigenvalue weighted by Crippen LogP contribution is -2.29. The van der Waals surface area contributed by atoms with E-state index < -0.39 is 16.9 Å². The van der Waals surface area contributed by atoms with Gasteiger partial charge in [0.25, 0.3) is 5.56 Å². The predicted octanol–water partition coefficient (Wildman–Crippen LogP) is 0.901. The average Bonchev–Trinajstić information content (AvgIpc) is 2.85. The standard InChI is InChI=1S/C16H26N4O4/c1-5-24-10-20-11(8-6-7-9-16(2,3)23)17-13-12(20)14(21)18-15(22)19(13)4/h23H,5-10H2,1-4H3,(H,18,21,22). The quantitative estimate of drug-likeness (QED) is 0.696. The van der Waals surface area contributed by atoms with Gasteiger partial charge < -0.3 is 9.84 Å². The van der Waals surface area contributed by atoms with Crippen LogP contribution in [0.5, 0.6) is 0 Å². The summed E-state index contributed by atoms with van der Waals surface area (Å²) in [4.78, 5) is 30.7. The SMILES string of the molecule is CCOCn1c(CCCCC(C)(C)O)nc2c1c(=O)[nH]c(=O)n2C. The molecule has 0 aliphatic heterocycles. The van der Waals surface area contributed by atoms with Gasteiger partial charge in [0.15, 0.2) is 11.2 Å². The van der Waals surface area contributed by atoms with Gasteiger partial charge in [0.2, 0.25) is 0 Å². The van der Waals surface area contributed by atoms with E-state index in [0.29, 0.717) is 36.4 Å². The van der Waals surface area contributed by atoms with Gasteiger partial charge in [-0.25, -0.2) is 9.78 Å². The normalized spacial score (nSPS) is 12.2. The topological polar surface area (TPSA) is 102 Å². The smallest absolute Gasteiger partial charge is 0.329 e. The maximum atomic E-state index is 12.2. The molecule has 0 fully saturated rings. The number of nitrogens with zero attached hydrogens (tertiary/aromatic N) is 3. The number of ether oxygens (including phenoxy) is 1. The Morgan fingerprint density at radius 3 is 2.62 bits per heavy atom. The van der Waals surface area contributed by atoms with Crippen molar-refractivity contribution in [2.24, 2.45) is 7.05 Å². The number of nitrogens with one attached hydrogen (secondary N) is 1. The molecule has 0 aliphatic carbocycles. The molecular weight excluding hydrogens is 312 g/mol. The van der Waals surface area contributed by atoms with Crippen LogP contribution in [-0.2, 0) is 24.9 Å². The van der Waals surface area contributed by atoms with E-state index in [2.05, 4.69) is 9.97 Å². The number of rotatable bonds is 8. The first-order valence-corrected chi connectivity index (χ1v) is 8.23. The Hall–Kier alpha value is -1.93. The van der Waals surface area contributed by atoms with E-state index in [1.54, 1.807) is 25.5 Å². The predicted molar refractivity (Wildman–Crippen MR) is 91.1 cm³/mol. The molecule has 2 aromatic rings. The molecule has 0 aliphatic rings. The van der Waals surface area contributed by atoms with Gasteiger partial charge in [-0.1, -0.05) is 6.42 Å². The molecule has 0 bridgehead atoms. The highest BCUT2D eigenvalue weighted by atomic mass is 16.5. The van der Waals surface area contributed by atoms with Crippen molar-refractivity contribution in [1.82, 2.24) is 19.1 Å². The lowest BCUT2D eigenvalue weighted by molar-refractivity contribution is 0.0679. The number of hydrogen-bond acceptors (Lipinski definition) is 5. The third kappa shape index (κ3) is 4.12. The van der Waals surface area contributed by atoms with Crippen LogP contribution in [0.4, 0.5) is 0 Å². The fraction of sp³-hybridized carbons (Fsp3) is 0.688. The third-order valence-electron chi connectivity index (χ3n) is 3.95. The number of aromatic nitrogens is 4. The van der Waals surface area contributed by atoms with Crippen molar-refractivity contribution in [2.45, 2.75) is 58.8 Å². The van der Waals surface area contributed by atoms with Gasteiger partial charge in [0.05, 0.1) is 5.60 Å². The van der Waals surface area contributed by atoms with E-state index in [1.165, 1.54) is 4.57 Å². The van der Waals surface area contributed by atoms with E-state index in [9.17, 15) is 14.7 Å². The van der Waals surface area contributed by atoms with Crippen molar-refractivity contribution in [3.8, 4) is 0 Å². The first-order chi connectivity index (χ1) is 11.2. The highest BCUT2D eigenvalue weighted by molar-refractivity contribution is 5.70. The Morgan fingerprint density at radius 1 is 1.29 bits per heavy atom. The molecule has 2 N–H and O–H groups in total. The van der Waals surface area contributed by atoms with Crippen molar-refractivity contribution in [2.75, 3.05) is 6.61 Å². The first-order valence-electron chi connectivity index (χ1n) is 8.23. The monoisotopic (exact) mass is 338 g/mol. The molecule has 0 saturated heterocycles. The van der Waals surface area contributed by atoms with Crippen LogP contribution in [0.2, 0.25) is 0 Å². The number of imidazole rings is 1. The Labute approximate surface area is 140 Å². The second-order valence-electron chi connectivity index (χ2n) is 6.59. The highest BCUT2D eigenvalue weighted by Gasteiger charge is 2.17. The van der Waals surface area contributed by atoms with E-state index in [1.807, 2.05) is 6.92 Å². The van der Waals surface area contributed by atoms with Crippen LogP contribution in [0.25, 0.3) is 11.2 Å². The molecule has 2 aromatic heterocycles. The lowest BCUT2D eigenvalue weighted by atomic mass is 10.0. The summed E-state index contributed by atoms with van der Waals surface area (Å²) < 4.78 is 8.51. The van der Waals surface area contributed by atoms with Crippen LogP contribution in [-0.4, -0.2) is 36.4 Å². The van der Waals surface area contributed by atoms with Crippen molar-refractivity contribution in [3.63, 3.8) is 0 Å². The molecule has 134 valence electrons. The van der Waals surface area contributed by atoms with Crippen LogP contribution >= 0.6 is 0 Å². The maximum Gasteiger partial charge on any atom is 0.329 e. The zero-order chi connectivity index (χ0) is 17.9. The molecule has 8 heteroatoms. The molecule has 8 nitrogen and oxygen atoms in total. The molecule has 0 aromatic carbocycles. The first kappa shape index (κ1) is 18.4. The van der Waals surface area contributed by atoms with E-state index in [4.69, 9.17) is 4.74 Å².